The van der Waals surface area contributed by atoms with Crippen LogP contribution >= 0.6 is 0 Å². The summed E-state index contributed by atoms with van der Waals surface area (Å²) in [6.45, 7) is 16.3. The molecule has 0 unspecified atom stereocenters. The molecule has 0 bridgehead atoms. The van der Waals surface area contributed by atoms with Gasteiger partial charge in [0.25, 0.3) is 0 Å². The monoisotopic (exact) mass is 444 g/mol. The van der Waals surface area contributed by atoms with Gasteiger partial charge in [0.15, 0.2) is 0 Å². The van der Waals surface area contributed by atoms with Crippen LogP contribution in [0.1, 0.15) is 99.8 Å². The molecule has 3 N–H and O–H groups in total. The summed E-state index contributed by atoms with van der Waals surface area (Å²) in [5.74, 6) is 2.20. The predicted molar refractivity (Wildman–Crippen MR) is 129 cm³/mol. The molecule has 0 amide bonds. The molecule has 3 heteroatoms. The number of hydrogen-bond donors (Lipinski definition) is 3. The Kier molecular flexibility index (Phi) is 5.00. The molecule has 4 fully saturated rings. The lowest BCUT2D eigenvalue weighted by Crippen LogP contribution is -2.67. The van der Waals surface area contributed by atoms with Crippen molar-refractivity contribution in [2.24, 2.45) is 51.2 Å². The maximum absolute atomic E-state index is 11.7. The molecule has 4 saturated carbocycles. The van der Waals surface area contributed by atoms with Gasteiger partial charge in [-0.3, -0.25) is 0 Å². The van der Waals surface area contributed by atoms with Crippen molar-refractivity contribution in [1.82, 2.24) is 0 Å². The topological polar surface area (TPSA) is 60.7 Å². The Bertz CT molecular complexity index is 813. The van der Waals surface area contributed by atoms with Gasteiger partial charge in [0.2, 0.25) is 0 Å². The van der Waals surface area contributed by atoms with E-state index in [1.54, 1.807) is 5.57 Å². The highest BCUT2D eigenvalue weighted by Crippen LogP contribution is 2.74. The van der Waals surface area contributed by atoms with Crippen molar-refractivity contribution in [3.8, 4) is 0 Å². The van der Waals surface area contributed by atoms with Crippen LogP contribution < -0.4 is 0 Å². The Labute approximate surface area is 196 Å². The first-order valence-corrected chi connectivity index (χ1v) is 13.5. The average Bonchev–Trinajstić information content (AvgIpc) is 2.69. The second kappa shape index (κ2) is 6.85. The molecule has 0 radical (unpaired) electrons. The minimum atomic E-state index is -0.637. The van der Waals surface area contributed by atoms with Crippen LogP contribution in [0.2, 0.25) is 0 Å². The second-order valence-corrected chi connectivity index (χ2v) is 14.3. The van der Waals surface area contributed by atoms with E-state index in [1.807, 2.05) is 0 Å². The standard InChI is InChI=1S/C29H48O3/c1-17-8-9-18-12-14-27(5)19(23(18)29(17,7)32)10-11-22-26(4)16-20(30)24(31)25(2,3)21(26)13-15-28(22,27)6/h10,17-18,20-24,30-32H,8-9,11-16H2,1-7H3/t17-,18-,20-,21+,22-,23-,24-,26+,27-,28-,29-/m1/s1. The van der Waals surface area contributed by atoms with Crippen LogP contribution in [0.15, 0.2) is 11.6 Å². The fourth-order valence-electron chi connectivity index (χ4n) is 10.6. The van der Waals surface area contributed by atoms with E-state index in [9.17, 15) is 15.3 Å². The zero-order valence-corrected chi connectivity index (χ0v) is 21.6. The Morgan fingerprint density at radius 2 is 1.56 bits per heavy atom. The summed E-state index contributed by atoms with van der Waals surface area (Å²) in [4.78, 5) is 0. The summed E-state index contributed by atoms with van der Waals surface area (Å²) < 4.78 is 0. The van der Waals surface area contributed by atoms with E-state index in [4.69, 9.17) is 0 Å². The highest BCUT2D eigenvalue weighted by molar-refractivity contribution is 5.34. The molecule has 0 spiro atoms. The van der Waals surface area contributed by atoms with Crippen molar-refractivity contribution < 1.29 is 15.3 Å². The summed E-state index contributed by atoms with van der Waals surface area (Å²) in [6, 6.07) is 0. The largest absolute Gasteiger partial charge is 0.390 e. The highest BCUT2D eigenvalue weighted by atomic mass is 16.3. The van der Waals surface area contributed by atoms with Crippen molar-refractivity contribution in [2.75, 3.05) is 0 Å². The molecule has 0 aromatic heterocycles. The van der Waals surface area contributed by atoms with Gasteiger partial charge >= 0.3 is 0 Å². The highest BCUT2D eigenvalue weighted by Gasteiger charge is 2.68. The Morgan fingerprint density at radius 3 is 2.25 bits per heavy atom. The molecule has 5 aliphatic rings. The first-order chi connectivity index (χ1) is 14.7. The number of rotatable bonds is 0. The summed E-state index contributed by atoms with van der Waals surface area (Å²) in [6.07, 6.45) is 10.2. The fraction of sp³-hybridized carbons (Fsp3) is 0.931. The van der Waals surface area contributed by atoms with E-state index >= 15 is 0 Å². The van der Waals surface area contributed by atoms with E-state index in [0.29, 0.717) is 36.0 Å². The lowest BCUT2D eigenvalue weighted by Gasteiger charge is -2.71. The number of aliphatic hydroxyl groups is 3. The smallest absolute Gasteiger partial charge is 0.0852 e. The average molecular weight is 445 g/mol. The molecule has 0 aliphatic heterocycles. The summed E-state index contributed by atoms with van der Waals surface area (Å²) in [5, 5.41) is 33.6. The lowest BCUT2D eigenvalue weighted by atomic mass is 9.34. The molecule has 0 saturated heterocycles. The summed E-state index contributed by atoms with van der Waals surface area (Å²) in [7, 11) is 0. The molecule has 0 aromatic carbocycles. The number of aliphatic hydroxyl groups excluding tert-OH is 2. The van der Waals surface area contributed by atoms with Crippen LogP contribution in [0.25, 0.3) is 0 Å². The van der Waals surface area contributed by atoms with Crippen molar-refractivity contribution in [3.63, 3.8) is 0 Å². The number of fused-ring (bicyclic) bond motifs is 7. The van der Waals surface area contributed by atoms with Crippen LogP contribution in [-0.4, -0.2) is 33.1 Å². The van der Waals surface area contributed by atoms with E-state index in [2.05, 4.69) is 54.5 Å². The van der Waals surface area contributed by atoms with Gasteiger partial charge in [0.05, 0.1) is 17.8 Å². The minimum Gasteiger partial charge on any atom is -0.390 e. The third-order valence-corrected chi connectivity index (χ3v) is 12.9. The third-order valence-electron chi connectivity index (χ3n) is 12.9. The van der Waals surface area contributed by atoms with E-state index in [-0.39, 0.29) is 21.7 Å². The van der Waals surface area contributed by atoms with Gasteiger partial charge in [-0.25, -0.2) is 0 Å². The second-order valence-electron chi connectivity index (χ2n) is 14.3. The normalized spacial score (nSPS) is 59.2. The lowest BCUT2D eigenvalue weighted by molar-refractivity contribution is -0.232. The Morgan fingerprint density at radius 1 is 0.875 bits per heavy atom. The number of hydrogen-bond acceptors (Lipinski definition) is 3. The molecular formula is C29H48O3. The first-order valence-electron chi connectivity index (χ1n) is 13.5. The minimum absolute atomic E-state index is 0.0272. The fourth-order valence-corrected chi connectivity index (χ4v) is 10.6. The Hall–Kier alpha value is -0.380. The van der Waals surface area contributed by atoms with Gasteiger partial charge in [0, 0.05) is 5.92 Å². The van der Waals surface area contributed by atoms with Gasteiger partial charge < -0.3 is 15.3 Å². The predicted octanol–water partition coefficient (Wildman–Crippen LogP) is 5.72. The van der Waals surface area contributed by atoms with E-state index in [0.717, 1.165) is 19.3 Å². The summed E-state index contributed by atoms with van der Waals surface area (Å²) in [5.41, 5.74) is 0.993. The van der Waals surface area contributed by atoms with Crippen LogP contribution in [0, 0.1) is 51.2 Å². The molecule has 5 aliphatic carbocycles. The SMILES string of the molecule is C[C@@H]1CC[C@@H]2CC[C@]3(C)C(=CC[C@@H]4[C@@]5(C)C[C@@H](O)[C@@H](O)C(C)(C)[C@@H]5CC[C@]43C)[C@@H]2[C@]1(C)O. The van der Waals surface area contributed by atoms with Crippen molar-refractivity contribution in [3.05, 3.63) is 11.6 Å². The van der Waals surface area contributed by atoms with Crippen molar-refractivity contribution in [2.45, 2.75) is 118 Å². The molecule has 32 heavy (non-hydrogen) atoms. The molecule has 5 rings (SSSR count). The maximum atomic E-state index is 11.7. The van der Waals surface area contributed by atoms with Gasteiger partial charge in [0.1, 0.15) is 0 Å². The van der Waals surface area contributed by atoms with E-state index in [1.165, 1.54) is 25.7 Å². The maximum Gasteiger partial charge on any atom is 0.0852 e. The van der Waals surface area contributed by atoms with Gasteiger partial charge in [-0.15, -0.1) is 0 Å². The molecular weight excluding hydrogens is 396 g/mol. The number of allylic oxidation sites excluding steroid dienone is 1. The first kappa shape index (κ1) is 23.4. The zero-order valence-electron chi connectivity index (χ0n) is 21.6. The van der Waals surface area contributed by atoms with Crippen LogP contribution in [0.3, 0.4) is 0 Å². The van der Waals surface area contributed by atoms with Gasteiger partial charge in [-0.05, 0) is 104 Å². The molecule has 0 aromatic rings. The van der Waals surface area contributed by atoms with E-state index < -0.39 is 17.8 Å². The molecule has 3 nitrogen and oxygen atoms in total. The third kappa shape index (κ3) is 2.65. The molecule has 11 atom stereocenters. The quantitative estimate of drug-likeness (QED) is 0.419. The summed E-state index contributed by atoms with van der Waals surface area (Å²) >= 11 is 0. The Balaban J connectivity index is 1.60. The van der Waals surface area contributed by atoms with Gasteiger partial charge in [-0.1, -0.05) is 53.2 Å². The zero-order chi connectivity index (χ0) is 23.5. The van der Waals surface area contributed by atoms with Crippen LogP contribution in [0.5, 0.6) is 0 Å². The van der Waals surface area contributed by atoms with Crippen LogP contribution in [0.4, 0.5) is 0 Å². The van der Waals surface area contributed by atoms with Gasteiger partial charge in [-0.2, -0.15) is 0 Å². The van der Waals surface area contributed by atoms with Crippen molar-refractivity contribution >= 4 is 0 Å². The molecule has 182 valence electrons. The van der Waals surface area contributed by atoms with Crippen molar-refractivity contribution in [1.29, 1.82) is 0 Å². The van der Waals surface area contributed by atoms with Crippen LogP contribution in [-0.2, 0) is 0 Å². The molecule has 0 heterocycles.